The molecule has 2 aromatic rings. The Labute approximate surface area is 165 Å². The topological polar surface area (TPSA) is 111 Å². The third kappa shape index (κ3) is 5.05. The number of hydrogen-bond acceptors (Lipinski definition) is 6. The Balaban J connectivity index is 2.55. The molecule has 0 aliphatic heterocycles. The summed E-state index contributed by atoms with van der Waals surface area (Å²) in [6.45, 7) is -0.949. The fourth-order valence-electron chi connectivity index (χ4n) is 2.28. The third-order valence-electron chi connectivity index (χ3n) is 3.64. The zero-order chi connectivity index (χ0) is 23.8. The monoisotopic (exact) mass is 458 g/mol. The lowest BCUT2D eigenvalue weighted by atomic mass is 10.1. The lowest BCUT2D eigenvalue weighted by Gasteiger charge is -2.19. The van der Waals surface area contributed by atoms with E-state index in [2.05, 4.69) is 9.72 Å². The number of rotatable bonds is 5. The lowest BCUT2D eigenvalue weighted by Crippen LogP contribution is -2.36. The molecule has 0 aliphatic carbocycles. The van der Waals surface area contributed by atoms with E-state index >= 15 is 0 Å². The molecule has 0 saturated carbocycles. The molecule has 8 nitrogen and oxygen atoms in total. The highest BCUT2D eigenvalue weighted by molar-refractivity contribution is 5.55. The van der Waals surface area contributed by atoms with Gasteiger partial charge in [-0.15, -0.1) is 13.2 Å². The van der Waals surface area contributed by atoms with Crippen LogP contribution in [0.25, 0.3) is 0 Å². The van der Waals surface area contributed by atoms with Crippen LogP contribution in [0.2, 0.25) is 0 Å². The van der Waals surface area contributed by atoms with E-state index in [1.54, 1.807) is 0 Å². The molecule has 0 radical (unpaired) electrons. The Morgan fingerprint density at radius 1 is 1.13 bits per heavy atom. The summed E-state index contributed by atoms with van der Waals surface area (Å²) in [5, 5.41) is 20.3. The number of alkyl halides is 8. The number of aromatic nitrogens is 2. The number of nitriles is 1. The van der Waals surface area contributed by atoms with Crippen LogP contribution in [0.1, 0.15) is 16.8 Å². The van der Waals surface area contributed by atoms with Crippen molar-refractivity contribution in [1.82, 2.24) is 9.55 Å². The van der Waals surface area contributed by atoms with Gasteiger partial charge in [0.05, 0.1) is 41.1 Å². The summed E-state index contributed by atoms with van der Waals surface area (Å²) >= 11 is 0. The van der Waals surface area contributed by atoms with E-state index in [4.69, 9.17) is 5.26 Å². The first-order valence-corrected chi connectivity index (χ1v) is 7.55. The van der Waals surface area contributed by atoms with Gasteiger partial charge in [-0.25, -0.2) is 4.98 Å². The van der Waals surface area contributed by atoms with Crippen LogP contribution < -0.4 is 10.3 Å². The number of halogens is 8. The smallest absolute Gasteiger partial charge is 0.405 e. The van der Waals surface area contributed by atoms with Gasteiger partial charge in [-0.3, -0.25) is 19.5 Å². The van der Waals surface area contributed by atoms with Crippen LogP contribution >= 0.6 is 0 Å². The Bertz CT molecular complexity index is 1120. The van der Waals surface area contributed by atoms with Crippen LogP contribution in [0, 0.1) is 21.4 Å². The fraction of sp³-hybridized carbons (Fsp3) is 0.267. The first kappa shape index (κ1) is 23.5. The van der Waals surface area contributed by atoms with E-state index < -0.39 is 63.7 Å². The standard InChI is InChI=1S/C15H6F8N4O4/c16-13(17,14(18,19)20)11-3-12(28)26(6-25-11)5-9-7(4-24)1-8(31-15(21,22)23)2-10(9)27(29)30/h1-3,6H,5H2. The largest absolute Gasteiger partial charge is 0.573 e. The molecule has 1 heterocycles. The van der Waals surface area contributed by atoms with Crippen LogP contribution in [-0.4, -0.2) is 27.0 Å². The van der Waals surface area contributed by atoms with Crippen molar-refractivity contribution in [3.8, 4) is 11.8 Å². The molecular weight excluding hydrogens is 452 g/mol. The van der Waals surface area contributed by atoms with Crippen LogP contribution in [0.3, 0.4) is 0 Å². The number of benzene rings is 1. The van der Waals surface area contributed by atoms with Gasteiger partial charge in [-0.1, -0.05) is 0 Å². The molecule has 0 amide bonds. The van der Waals surface area contributed by atoms with Crippen LogP contribution in [0.15, 0.2) is 29.3 Å². The fourth-order valence-corrected chi connectivity index (χ4v) is 2.28. The van der Waals surface area contributed by atoms with Crippen molar-refractivity contribution in [2.24, 2.45) is 0 Å². The SMILES string of the molecule is N#Cc1cc(OC(F)(F)F)cc([N+](=O)[O-])c1Cn1cnc(C(F)(F)C(F)(F)F)cc1=O. The van der Waals surface area contributed by atoms with Crippen molar-refractivity contribution < 1.29 is 44.8 Å². The van der Waals surface area contributed by atoms with Gasteiger partial charge in [-0.2, -0.15) is 27.2 Å². The molecule has 31 heavy (non-hydrogen) atoms. The van der Waals surface area contributed by atoms with E-state index in [9.17, 15) is 50.0 Å². The molecule has 0 bridgehead atoms. The van der Waals surface area contributed by atoms with Crippen molar-refractivity contribution in [3.05, 3.63) is 61.8 Å². The highest BCUT2D eigenvalue weighted by atomic mass is 19.4. The molecule has 0 unspecified atom stereocenters. The Morgan fingerprint density at radius 3 is 2.19 bits per heavy atom. The predicted molar refractivity (Wildman–Crippen MR) is 82.0 cm³/mol. The second-order valence-corrected chi connectivity index (χ2v) is 5.70. The van der Waals surface area contributed by atoms with Crippen molar-refractivity contribution in [3.63, 3.8) is 0 Å². The van der Waals surface area contributed by atoms with Crippen LogP contribution in [0.5, 0.6) is 5.75 Å². The van der Waals surface area contributed by atoms with Gasteiger partial charge in [0.15, 0.2) is 0 Å². The summed E-state index contributed by atoms with van der Waals surface area (Å²) in [4.78, 5) is 24.8. The molecule has 0 N–H and O–H groups in total. The molecule has 0 saturated heterocycles. The van der Waals surface area contributed by atoms with Gasteiger partial charge >= 0.3 is 18.5 Å². The van der Waals surface area contributed by atoms with E-state index in [0.29, 0.717) is 16.7 Å². The predicted octanol–water partition coefficient (Wildman–Crippen LogP) is 3.62. The van der Waals surface area contributed by atoms with Crippen LogP contribution in [-0.2, 0) is 12.5 Å². The summed E-state index contributed by atoms with van der Waals surface area (Å²) in [6.07, 6.45) is -11.1. The van der Waals surface area contributed by atoms with Crippen molar-refractivity contribution in [2.75, 3.05) is 0 Å². The van der Waals surface area contributed by atoms with Gasteiger partial charge in [-0.05, 0) is 6.07 Å². The molecule has 166 valence electrons. The molecule has 16 heteroatoms. The van der Waals surface area contributed by atoms with Crippen molar-refractivity contribution in [2.45, 2.75) is 25.0 Å². The molecule has 1 aromatic carbocycles. The number of ether oxygens (including phenoxy) is 1. The Morgan fingerprint density at radius 2 is 1.74 bits per heavy atom. The van der Waals surface area contributed by atoms with Crippen molar-refractivity contribution >= 4 is 5.69 Å². The maximum absolute atomic E-state index is 13.3. The number of nitrogens with zero attached hydrogens (tertiary/aromatic N) is 4. The van der Waals surface area contributed by atoms with Gasteiger partial charge in [0.25, 0.3) is 11.2 Å². The molecule has 0 fully saturated rings. The lowest BCUT2D eigenvalue weighted by molar-refractivity contribution is -0.385. The summed E-state index contributed by atoms with van der Waals surface area (Å²) in [7, 11) is 0. The quantitative estimate of drug-likeness (QED) is 0.385. The highest BCUT2D eigenvalue weighted by Crippen LogP contribution is 2.42. The minimum atomic E-state index is -6.06. The van der Waals surface area contributed by atoms with Gasteiger partial charge in [0.1, 0.15) is 11.4 Å². The molecule has 0 spiro atoms. The third-order valence-corrected chi connectivity index (χ3v) is 3.64. The maximum atomic E-state index is 13.3. The summed E-state index contributed by atoms with van der Waals surface area (Å²) in [6, 6.07) is 1.97. The van der Waals surface area contributed by atoms with E-state index in [-0.39, 0.29) is 12.4 Å². The molecule has 2 rings (SSSR count). The average molecular weight is 458 g/mol. The zero-order valence-electron chi connectivity index (χ0n) is 14.5. The normalized spacial score (nSPS) is 12.4. The molecule has 1 aromatic heterocycles. The first-order chi connectivity index (χ1) is 14.1. The van der Waals surface area contributed by atoms with Crippen LogP contribution in [0.4, 0.5) is 40.8 Å². The molecule has 0 atom stereocenters. The highest BCUT2D eigenvalue weighted by Gasteiger charge is 2.60. The number of nitro benzene ring substituents is 1. The number of hydrogen-bond donors (Lipinski definition) is 0. The minimum Gasteiger partial charge on any atom is -0.405 e. The number of nitro groups is 1. The molecule has 0 aliphatic rings. The van der Waals surface area contributed by atoms with E-state index in [1.165, 1.54) is 6.07 Å². The Kier molecular flexibility index (Phi) is 5.92. The molecular formula is C15H6F8N4O4. The second-order valence-electron chi connectivity index (χ2n) is 5.70. The second kappa shape index (κ2) is 7.81. The maximum Gasteiger partial charge on any atom is 0.573 e. The average Bonchev–Trinajstić information content (AvgIpc) is 2.61. The summed E-state index contributed by atoms with van der Waals surface area (Å²) in [5.41, 5.74) is -5.92. The Hall–Kier alpha value is -3.77. The first-order valence-electron chi connectivity index (χ1n) is 7.55. The van der Waals surface area contributed by atoms with Gasteiger partial charge < -0.3 is 4.74 Å². The zero-order valence-corrected chi connectivity index (χ0v) is 14.5. The van der Waals surface area contributed by atoms with Gasteiger partial charge in [0, 0.05) is 6.07 Å². The summed E-state index contributed by atoms with van der Waals surface area (Å²) < 4.78 is 105. The minimum absolute atomic E-state index is 0.160. The van der Waals surface area contributed by atoms with Gasteiger partial charge in [0.2, 0.25) is 0 Å². The van der Waals surface area contributed by atoms with E-state index in [0.717, 1.165) is 0 Å². The van der Waals surface area contributed by atoms with Crippen molar-refractivity contribution in [1.29, 1.82) is 5.26 Å². The van der Waals surface area contributed by atoms with E-state index in [1.807, 2.05) is 0 Å². The summed E-state index contributed by atoms with van der Waals surface area (Å²) in [5.74, 6) is -6.59.